The fourth-order valence-electron chi connectivity index (χ4n) is 1.24. The first kappa shape index (κ1) is 14.2. The average Bonchev–Trinajstić information content (AvgIpc) is 2.33. The molecule has 1 rings (SSSR count). The number of rotatable bonds is 5. The Bertz CT molecular complexity index is 446. The summed E-state index contributed by atoms with van der Waals surface area (Å²) in [4.78, 5) is 16.2. The predicted octanol–water partition coefficient (Wildman–Crippen LogP) is 1.75. The van der Waals surface area contributed by atoms with Gasteiger partial charge in [0.05, 0.1) is 23.8 Å². The molecular weight excluding hydrogens is 230 g/mol. The highest BCUT2D eigenvalue weighted by molar-refractivity contribution is 5.47. The molecule has 5 nitrogen and oxygen atoms in total. The SMILES string of the molecule is CC(C)(C)ONN(C=O)Cc1ccccc1C#N. The van der Waals surface area contributed by atoms with Crippen LogP contribution in [0.5, 0.6) is 0 Å². The first-order valence-corrected chi connectivity index (χ1v) is 5.60. The van der Waals surface area contributed by atoms with Gasteiger partial charge in [-0.3, -0.25) is 14.6 Å². The topological polar surface area (TPSA) is 65.4 Å². The van der Waals surface area contributed by atoms with Crippen LogP contribution in [0.25, 0.3) is 0 Å². The molecule has 0 heterocycles. The molecule has 1 N–H and O–H groups in total. The van der Waals surface area contributed by atoms with Gasteiger partial charge in [0.25, 0.3) is 0 Å². The van der Waals surface area contributed by atoms with E-state index < -0.39 is 5.60 Å². The zero-order valence-corrected chi connectivity index (χ0v) is 10.8. The second-order valence-corrected chi connectivity index (χ2v) is 4.81. The van der Waals surface area contributed by atoms with Gasteiger partial charge >= 0.3 is 0 Å². The minimum absolute atomic E-state index is 0.267. The van der Waals surface area contributed by atoms with Gasteiger partial charge in [-0.2, -0.15) is 5.26 Å². The van der Waals surface area contributed by atoms with Crippen LogP contribution in [-0.2, 0) is 16.2 Å². The van der Waals surface area contributed by atoms with Crippen LogP contribution in [0.1, 0.15) is 31.9 Å². The lowest BCUT2D eigenvalue weighted by Gasteiger charge is -2.25. The molecule has 0 aromatic heterocycles. The molecule has 96 valence electrons. The van der Waals surface area contributed by atoms with E-state index in [1.54, 1.807) is 18.2 Å². The van der Waals surface area contributed by atoms with Crippen molar-refractivity contribution in [3.8, 4) is 6.07 Å². The minimum Gasteiger partial charge on any atom is -0.277 e. The molecule has 0 aliphatic carbocycles. The summed E-state index contributed by atoms with van der Waals surface area (Å²) in [5.74, 6) is 0. The molecule has 0 aliphatic rings. The van der Waals surface area contributed by atoms with Crippen molar-refractivity contribution in [2.75, 3.05) is 0 Å². The van der Waals surface area contributed by atoms with Gasteiger partial charge in [-0.25, -0.2) is 0 Å². The molecule has 0 aliphatic heterocycles. The number of nitrogens with zero attached hydrogens (tertiary/aromatic N) is 2. The summed E-state index contributed by atoms with van der Waals surface area (Å²) < 4.78 is 0. The van der Waals surface area contributed by atoms with Crippen molar-refractivity contribution >= 4 is 6.41 Å². The van der Waals surface area contributed by atoms with E-state index in [1.807, 2.05) is 26.8 Å². The standard InChI is InChI=1S/C13H17N3O2/c1-13(2,3)18-15-16(10-17)9-12-7-5-4-6-11(12)8-14/h4-7,10,15H,9H2,1-3H3. The molecule has 0 saturated carbocycles. The average molecular weight is 247 g/mol. The van der Waals surface area contributed by atoms with Crippen LogP contribution in [0.15, 0.2) is 24.3 Å². The maximum Gasteiger partial charge on any atom is 0.225 e. The van der Waals surface area contributed by atoms with Gasteiger partial charge in [-0.05, 0) is 32.4 Å². The van der Waals surface area contributed by atoms with E-state index in [9.17, 15) is 4.79 Å². The number of benzene rings is 1. The van der Waals surface area contributed by atoms with Crippen molar-refractivity contribution in [3.63, 3.8) is 0 Å². The monoisotopic (exact) mass is 247 g/mol. The molecular formula is C13H17N3O2. The third kappa shape index (κ3) is 4.53. The van der Waals surface area contributed by atoms with E-state index in [-0.39, 0.29) is 6.54 Å². The zero-order valence-electron chi connectivity index (χ0n) is 10.8. The first-order chi connectivity index (χ1) is 8.46. The van der Waals surface area contributed by atoms with Crippen molar-refractivity contribution in [1.29, 1.82) is 5.26 Å². The van der Waals surface area contributed by atoms with E-state index in [2.05, 4.69) is 11.7 Å². The van der Waals surface area contributed by atoms with E-state index in [0.717, 1.165) is 5.56 Å². The van der Waals surface area contributed by atoms with Crippen LogP contribution in [0.2, 0.25) is 0 Å². The third-order valence-corrected chi connectivity index (χ3v) is 2.07. The summed E-state index contributed by atoms with van der Waals surface area (Å²) >= 11 is 0. The number of hydrogen-bond donors (Lipinski definition) is 1. The van der Waals surface area contributed by atoms with Gasteiger partial charge in [0, 0.05) is 0 Å². The Hall–Kier alpha value is -1.90. The van der Waals surface area contributed by atoms with Gasteiger partial charge in [0.1, 0.15) is 0 Å². The molecule has 0 fully saturated rings. The first-order valence-electron chi connectivity index (χ1n) is 5.60. The van der Waals surface area contributed by atoms with Gasteiger partial charge in [0.2, 0.25) is 6.41 Å². The molecule has 0 bridgehead atoms. The summed E-state index contributed by atoms with van der Waals surface area (Å²) in [6, 6.07) is 9.20. The van der Waals surface area contributed by atoms with E-state index in [4.69, 9.17) is 10.1 Å². The summed E-state index contributed by atoms with van der Waals surface area (Å²) in [6.07, 6.45) is 0.625. The summed E-state index contributed by atoms with van der Waals surface area (Å²) in [5.41, 5.74) is 3.46. The largest absolute Gasteiger partial charge is 0.277 e. The molecule has 1 amide bonds. The molecule has 0 unspecified atom stereocenters. The van der Waals surface area contributed by atoms with Gasteiger partial charge < -0.3 is 0 Å². The van der Waals surface area contributed by atoms with Crippen LogP contribution < -0.4 is 5.59 Å². The van der Waals surface area contributed by atoms with Crippen molar-refractivity contribution < 1.29 is 9.63 Å². The Kier molecular flexibility index (Phi) is 4.84. The Morgan fingerprint density at radius 2 is 2.11 bits per heavy atom. The maximum absolute atomic E-state index is 10.9. The molecule has 0 saturated heterocycles. The lowest BCUT2D eigenvalue weighted by molar-refractivity contribution is -0.166. The van der Waals surface area contributed by atoms with E-state index in [0.29, 0.717) is 12.0 Å². The third-order valence-electron chi connectivity index (χ3n) is 2.07. The smallest absolute Gasteiger partial charge is 0.225 e. The summed E-state index contributed by atoms with van der Waals surface area (Å²) in [5, 5.41) is 10.2. The number of carbonyl (C=O) groups is 1. The second kappa shape index (κ2) is 6.15. The number of hydrogen-bond acceptors (Lipinski definition) is 4. The highest BCUT2D eigenvalue weighted by Gasteiger charge is 2.13. The Morgan fingerprint density at radius 1 is 1.44 bits per heavy atom. The zero-order chi connectivity index (χ0) is 13.6. The van der Waals surface area contributed by atoms with Crippen molar-refractivity contribution in [1.82, 2.24) is 10.6 Å². The van der Waals surface area contributed by atoms with Crippen LogP contribution in [-0.4, -0.2) is 17.0 Å². The maximum atomic E-state index is 10.9. The van der Waals surface area contributed by atoms with E-state index in [1.165, 1.54) is 5.01 Å². The lowest BCUT2D eigenvalue weighted by Crippen LogP contribution is -2.41. The van der Waals surface area contributed by atoms with Gasteiger partial charge in [-0.15, -0.1) is 5.59 Å². The fourth-order valence-corrected chi connectivity index (χ4v) is 1.24. The van der Waals surface area contributed by atoms with Crippen LogP contribution in [0, 0.1) is 11.3 Å². The van der Waals surface area contributed by atoms with Crippen LogP contribution in [0.3, 0.4) is 0 Å². The quantitative estimate of drug-likeness (QED) is 0.636. The second-order valence-electron chi connectivity index (χ2n) is 4.81. The highest BCUT2D eigenvalue weighted by Crippen LogP contribution is 2.10. The number of nitriles is 1. The number of amides is 1. The van der Waals surface area contributed by atoms with Crippen molar-refractivity contribution in [2.24, 2.45) is 0 Å². The van der Waals surface area contributed by atoms with Gasteiger partial charge in [-0.1, -0.05) is 18.2 Å². The molecule has 1 aromatic rings. The summed E-state index contributed by atoms with van der Waals surface area (Å²) in [7, 11) is 0. The molecule has 18 heavy (non-hydrogen) atoms. The normalized spacial score (nSPS) is 10.8. The van der Waals surface area contributed by atoms with Crippen molar-refractivity contribution in [2.45, 2.75) is 32.9 Å². The van der Waals surface area contributed by atoms with Crippen molar-refractivity contribution in [3.05, 3.63) is 35.4 Å². The Balaban J connectivity index is 2.69. The van der Waals surface area contributed by atoms with Gasteiger partial charge in [0.15, 0.2) is 0 Å². The predicted molar refractivity (Wildman–Crippen MR) is 66.7 cm³/mol. The molecule has 0 radical (unpaired) electrons. The minimum atomic E-state index is -0.407. The lowest BCUT2D eigenvalue weighted by atomic mass is 10.1. The summed E-state index contributed by atoms with van der Waals surface area (Å²) in [6.45, 7) is 5.87. The fraction of sp³-hybridized carbons (Fsp3) is 0.385. The van der Waals surface area contributed by atoms with Crippen LogP contribution >= 0.6 is 0 Å². The number of nitrogens with one attached hydrogen (secondary N) is 1. The molecule has 0 spiro atoms. The highest BCUT2D eigenvalue weighted by atomic mass is 16.7. The Morgan fingerprint density at radius 3 is 2.67 bits per heavy atom. The molecule has 1 aromatic carbocycles. The van der Waals surface area contributed by atoms with E-state index >= 15 is 0 Å². The molecule has 0 atom stereocenters. The van der Waals surface area contributed by atoms with Crippen LogP contribution in [0.4, 0.5) is 0 Å². The molecule has 5 heteroatoms. The number of carbonyl (C=O) groups excluding carboxylic acids is 1. The Labute approximate surface area is 107 Å². The number of hydrazine groups is 1.